The quantitative estimate of drug-likeness (QED) is 0.457. The largest absolute Gasteiger partial charge is 0.490 e. The van der Waals surface area contributed by atoms with E-state index in [2.05, 4.69) is 20.7 Å². The van der Waals surface area contributed by atoms with Crippen LogP contribution in [0.2, 0.25) is 0 Å². The fraction of sp³-hybridized carbons (Fsp3) is 0.364. The van der Waals surface area contributed by atoms with Crippen molar-refractivity contribution in [2.75, 3.05) is 26.0 Å². The van der Waals surface area contributed by atoms with Crippen molar-refractivity contribution in [3.8, 4) is 22.9 Å². The van der Waals surface area contributed by atoms with Crippen LogP contribution in [-0.2, 0) is 17.8 Å². The molecule has 0 fully saturated rings. The molecule has 2 aromatic carbocycles. The third-order valence-electron chi connectivity index (χ3n) is 4.43. The first kappa shape index (κ1) is 22.6. The summed E-state index contributed by atoms with van der Waals surface area (Å²) in [6, 6.07) is 13.7. The molecule has 0 aliphatic rings. The Kier molecular flexibility index (Phi) is 8.28. The van der Waals surface area contributed by atoms with Crippen molar-refractivity contribution in [3.05, 3.63) is 48.0 Å². The van der Waals surface area contributed by atoms with Crippen LogP contribution in [0, 0.1) is 0 Å². The van der Waals surface area contributed by atoms with Gasteiger partial charge in [0.25, 0.3) is 0 Å². The Morgan fingerprint density at radius 1 is 1.06 bits per heavy atom. The minimum absolute atomic E-state index is 0.0172. The molecule has 1 aromatic heterocycles. The zero-order valence-corrected chi connectivity index (χ0v) is 18.8. The van der Waals surface area contributed by atoms with Crippen molar-refractivity contribution >= 4 is 17.7 Å². The molecule has 1 amide bonds. The van der Waals surface area contributed by atoms with Crippen LogP contribution < -0.4 is 14.8 Å². The van der Waals surface area contributed by atoms with Crippen LogP contribution in [-0.4, -0.2) is 52.1 Å². The van der Waals surface area contributed by atoms with Gasteiger partial charge in [-0.25, -0.2) is 0 Å². The molecule has 0 unspecified atom stereocenters. The fourth-order valence-electron chi connectivity index (χ4n) is 2.95. The number of carbonyl (C=O) groups is 1. The number of carbonyl (C=O) groups excluding carboxylic acids is 1. The van der Waals surface area contributed by atoms with Crippen LogP contribution in [0.1, 0.15) is 19.4 Å². The fourth-order valence-corrected chi connectivity index (χ4v) is 3.36. The summed E-state index contributed by atoms with van der Waals surface area (Å²) in [5.41, 5.74) is 1.92. The number of benzene rings is 2. The van der Waals surface area contributed by atoms with Gasteiger partial charge in [-0.3, -0.25) is 4.79 Å². The third kappa shape index (κ3) is 6.45. The van der Waals surface area contributed by atoms with E-state index >= 15 is 0 Å². The highest BCUT2D eigenvalue weighted by molar-refractivity contribution is 7.98. The Bertz CT molecular complexity index is 991. The topological polar surface area (TPSA) is 91.2 Å². The lowest BCUT2D eigenvalue weighted by molar-refractivity contribution is -0.122. The van der Waals surface area contributed by atoms with Crippen molar-refractivity contribution in [1.82, 2.24) is 25.5 Å². The van der Waals surface area contributed by atoms with Gasteiger partial charge in [0.2, 0.25) is 11.7 Å². The van der Waals surface area contributed by atoms with Gasteiger partial charge in [0.15, 0.2) is 11.5 Å². The minimum Gasteiger partial charge on any atom is -0.490 e. The monoisotopic (exact) mass is 441 g/mol. The summed E-state index contributed by atoms with van der Waals surface area (Å²) >= 11 is 1.67. The summed E-state index contributed by atoms with van der Waals surface area (Å²) < 4.78 is 11.2. The van der Waals surface area contributed by atoms with Gasteiger partial charge < -0.3 is 14.8 Å². The highest BCUT2D eigenvalue weighted by atomic mass is 32.2. The molecular weight excluding hydrogens is 414 g/mol. The van der Waals surface area contributed by atoms with Gasteiger partial charge in [0.1, 0.15) is 6.54 Å². The zero-order valence-electron chi connectivity index (χ0n) is 18.0. The number of amides is 1. The summed E-state index contributed by atoms with van der Waals surface area (Å²) in [5, 5.41) is 15.2. The summed E-state index contributed by atoms with van der Waals surface area (Å²) in [6.07, 6.45) is 2.70. The van der Waals surface area contributed by atoms with Crippen LogP contribution in [0.4, 0.5) is 0 Å². The van der Waals surface area contributed by atoms with Gasteiger partial charge in [0, 0.05) is 17.0 Å². The van der Waals surface area contributed by atoms with E-state index in [0.717, 1.165) is 27.5 Å². The van der Waals surface area contributed by atoms with Crippen molar-refractivity contribution in [3.63, 3.8) is 0 Å². The van der Waals surface area contributed by atoms with E-state index in [-0.39, 0.29) is 12.5 Å². The number of hydrogen-bond acceptors (Lipinski definition) is 7. The number of nitrogens with zero attached hydrogens (tertiary/aromatic N) is 4. The first-order chi connectivity index (χ1) is 15.1. The number of hydrogen-bond donors (Lipinski definition) is 1. The van der Waals surface area contributed by atoms with E-state index in [1.165, 1.54) is 4.80 Å². The molecule has 0 aliphatic heterocycles. The highest BCUT2D eigenvalue weighted by Crippen LogP contribution is 2.28. The van der Waals surface area contributed by atoms with Crippen molar-refractivity contribution < 1.29 is 14.3 Å². The first-order valence-electron chi connectivity index (χ1n) is 10.2. The molecule has 0 saturated heterocycles. The first-order valence-corrected chi connectivity index (χ1v) is 11.4. The maximum Gasteiger partial charge on any atom is 0.243 e. The zero-order chi connectivity index (χ0) is 22.1. The van der Waals surface area contributed by atoms with E-state index in [4.69, 9.17) is 9.47 Å². The molecule has 0 bridgehead atoms. The SMILES string of the molecule is CCOc1ccc(CCNC(=O)Cn2nnc(-c3ccc(SC)cc3)n2)cc1OCC. The molecule has 3 aromatic rings. The second-order valence-corrected chi connectivity index (χ2v) is 7.50. The Labute approximate surface area is 186 Å². The van der Waals surface area contributed by atoms with Crippen LogP contribution >= 0.6 is 11.8 Å². The molecule has 1 N–H and O–H groups in total. The number of tetrazole rings is 1. The van der Waals surface area contributed by atoms with Gasteiger partial charge in [-0.2, -0.15) is 4.80 Å². The average Bonchev–Trinajstić information content (AvgIpc) is 3.24. The Morgan fingerprint density at radius 3 is 2.52 bits per heavy atom. The number of rotatable bonds is 11. The lowest BCUT2D eigenvalue weighted by Crippen LogP contribution is -2.30. The van der Waals surface area contributed by atoms with E-state index < -0.39 is 0 Å². The highest BCUT2D eigenvalue weighted by Gasteiger charge is 2.10. The normalized spacial score (nSPS) is 10.7. The molecule has 3 rings (SSSR count). The van der Waals surface area contributed by atoms with Gasteiger partial charge in [-0.15, -0.1) is 22.0 Å². The van der Waals surface area contributed by atoms with Gasteiger partial charge >= 0.3 is 0 Å². The van der Waals surface area contributed by atoms with Crippen LogP contribution in [0.5, 0.6) is 11.5 Å². The maximum absolute atomic E-state index is 12.3. The second kappa shape index (κ2) is 11.4. The smallest absolute Gasteiger partial charge is 0.243 e. The second-order valence-electron chi connectivity index (χ2n) is 6.62. The molecule has 9 heteroatoms. The molecule has 0 spiro atoms. The summed E-state index contributed by atoms with van der Waals surface area (Å²) in [4.78, 5) is 14.7. The van der Waals surface area contributed by atoms with Crippen LogP contribution in [0.3, 0.4) is 0 Å². The lowest BCUT2D eigenvalue weighted by Gasteiger charge is -2.12. The Balaban J connectivity index is 1.50. The van der Waals surface area contributed by atoms with E-state index in [0.29, 0.717) is 32.0 Å². The van der Waals surface area contributed by atoms with Gasteiger partial charge in [-0.1, -0.05) is 6.07 Å². The summed E-state index contributed by atoms with van der Waals surface area (Å²) in [6.45, 7) is 5.53. The van der Waals surface area contributed by atoms with Crippen LogP contribution in [0.15, 0.2) is 47.4 Å². The maximum atomic E-state index is 12.3. The Morgan fingerprint density at radius 2 is 1.81 bits per heavy atom. The number of thioether (sulfide) groups is 1. The average molecular weight is 442 g/mol. The minimum atomic E-state index is -0.169. The molecule has 164 valence electrons. The lowest BCUT2D eigenvalue weighted by atomic mass is 10.1. The van der Waals surface area contributed by atoms with Gasteiger partial charge in [-0.05, 0) is 73.7 Å². The summed E-state index contributed by atoms with van der Waals surface area (Å²) in [7, 11) is 0. The van der Waals surface area contributed by atoms with Crippen LogP contribution in [0.25, 0.3) is 11.4 Å². The summed E-state index contributed by atoms with van der Waals surface area (Å²) in [5.74, 6) is 1.78. The van der Waals surface area contributed by atoms with E-state index in [1.54, 1.807) is 11.8 Å². The van der Waals surface area contributed by atoms with Crippen molar-refractivity contribution in [2.24, 2.45) is 0 Å². The van der Waals surface area contributed by atoms with E-state index in [1.807, 2.05) is 62.6 Å². The van der Waals surface area contributed by atoms with Crippen molar-refractivity contribution in [2.45, 2.75) is 31.7 Å². The molecule has 0 atom stereocenters. The molecule has 31 heavy (non-hydrogen) atoms. The molecule has 0 saturated carbocycles. The van der Waals surface area contributed by atoms with Gasteiger partial charge in [0.05, 0.1) is 13.2 Å². The molecule has 0 radical (unpaired) electrons. The molecule has 1 heterocycles. The third-order valence-corrected chi connectivity index (χ3v) is 5.17. The number of ether oxygens (including phenoxy) is 2. The Hall–Kier alpha value is -3.07. The molecule has 0 aliphatic carbocycles. The molecule has 8 nitrogen and oxygen atoms in total. The predicted molar refractivity (Wildman–Crippen MR) is 121 cm³/mol. The number of nitrogens with one attached hydrogen (secondary N) is 1. The molecular formula is C22H27N5O3S. The van der Waals surface area contributed by atoms with Crippen molar-refractivity contribution in [1.29, 1.82) is 0 Å². The standard InChI is InChI=1S/C22H27N5O3S/c1-4-29-19-11-6-16(14-20(19)30-5-2)12-13-23-21(28)15-27-25-22(24-26-27)17-7-9-18(31-3)10-8-17/h6-11,14H,4-5,12-13,15H2,1-3H3,(H,23,28). The van der Waals surface area contributed by atoms with E-state index in [9.17, 15) is 4.79 Å². The number of aromatic nitrogens is 4. The predicted octanol–water partition coefficient (Wildman–Crippen LogP) is 3.22.